The molecule has 0 rings (SSSR count). The minimum Gasteiger partial charge on any atom is -0.382 e. The van der Waals surface area contributed by atoms with Crippen molar-refractivity contribution in [2.24, 2.45) is 0 Å². The summed E-state index contributed by atoms with van der Waals surface area (Å²) in [7, 11) is 0. The van der Waals surface area contributed by atoms with Crippen molar-refractivity contribution in [3.8, 4) is 0 Å². The van der Waals surface area contributed by atoms with E-state index in [2.05, 4.69) is 5.32 Å². The highest BCUT2D eigenvalue weighted by molar-refractivity contribution is 5.80. The Hall–Kier alpha value is -0.570. The van der Waals surface area contributed by atoms with Crippen LogP contribution in [0.1, 0.15) is 20.3 Å². The van der Waals surface area contributed by atoms with Crippen molar-refractivity contribution in [1.82, 2.24) is 5.32 Å². The molecule has 64 valence electrons. The zero-order chi connectivity index (χ0) is 8.69. The van der Waals surface area contributed by atoms with E-state index in [9.17, 15) is 4.79 Å². The Labute approximate surface area is 68.1 Å². The van der Waals surface area contributed by atoms with Gasteiger partial charge in [-0.1, -0.05) is 0 Å². The maximum absolute atomic E-state index is 10.3. The number of hydrogen-bond acceptors (Lipinski definition) is 2. The highest BCUT2D eigenvalue weighted by atomic mass is 16.5. The van der Waals surface area contributed by atoms with E-state index < -0.39 is 5.91 Å². The smallest absolute Gasteiger partial charge is 0.224 e. The Morgan fingerprint density at radius 1 is 1.73 bits per heavy atom. The third-order valence-electron chi connectivity index (χ3n) is 1.29. The van der Waals surface area contributed by atoms with Gasteiger partial charge in [0.2, 0.25) is 5.91 Å². The van der Waals surface area contributed by atoms with Gasteiger partial charge < -0.3 is 10.1 Å². The molecular weight excluding hydrogens is 142 g/mol. The fourth-order valence-corrected chi connectivity index (χ4v) is 0.719. The zero-order valence-electron chi connectivity index (χ0n) is 7.09. The SMILES string of the molecule is [CH]C(=O)NC(C)CCOCC. The minimum absolute atomic E-state index is 0.0963. The molecule has 11 heavy (non-hydrogen) atoms. The monoisotopic (exact) mass is 157 g/mol. The van der Waals surface area contributed by atoms with Gasteiger partial charge in [0, 0.05) is 19.3 Å². The molecule has 0 aliphatic heterocycles. The van der Waals surface area contributed by atoms with Crippen molar-refractivity contribution in [1.29, 1.82) is 0 Å². The topological polar surface area (TPSA) is 38.3 Å². The molecule has 1 N–H and O–H groups in total. The summed E-state index contributed by atoms with van der Waals surface area (Å²) in [4.78, 5) is 10.3. The van der Waals surface area contributed by atoms with Crippen molar-refractivity contribution >= 4 is 5.91 Å². The number of rotatable bonds is 5. The minimum atomic E-state index is -0.478. The Bertz CT molecular complexity index is 115. The molecule has 0 aliphatic rings. The van der Waals surface area contributed by atoms with Crippen molar-refractivity contribution in [2.75, 3.05) is 13.2 Å². The van der Waals surface area contributed by atoms with Crippen LogP contribution in [0.2, 0.25) is 0 Å². The summed E-state index contributed by atoms with van der Waals surface area (Å²) in [5.41, 5.74) is 0. The molecule has 1 atom stereocenters. The van der Waals surface area contributed by atoms with E-state index in [0.29, 0.717) is 13.2 Å². The van der Waals surface area contributed by atoms with Gasteiger partial charge in [0.15, 0.2) is 0 Å². The molecule has 0 bridgehead atoms. The Morgan fingerprint density at radius 2 is 2.36 bits per heavy atom. The predicted octanol–water partition coefficient (Wildman–Crippen LogP) is 0.629. The lowest BCUT2D eigenvalue weighted by Gasteiger charge is -2.11. The van der Waals surface area contributed by atoms with Gasteiger partial charge >= 0.3 is 0 Å². The average molecular weight is 157 g/mol. The molecule has 0 heterocycles. The van der Waals surface area contributed by atoms with Gasteiger partial charge in [-0.25, -0.2) is 0 Å². The second kappa shape index (κ2) is 6.16. The summed E-state index contributed by atoms with van der Waals surface area (Å²) >= 11 is 0. The molecule has 1 unspecified atom stereocenters. The van der Waals surface area contributed by atoms with E-state index in [1.54, 1.807) is 0 Å². The van der Waals surface area contributed by atoms with E-state index in [0.717, 1.165) is 6.42 Å². The molecule has 3 heteroatoms. The quantitative estimate of drug-likeness (QED) is 0.594. The van der Waals surface area contributed by atoms with Crippen LogP contribution in [0, 0.1) is 6.92 Å². The van der Waals surface area contributed by atoms with Gasteiger partial charge in [-0.2, -0.15) is 0 Å². The summed E-state index contributed by atoms with van der Waals surface area (Å²) in [5, 5.41) is 2.56. The Morgan fingerprint density at radius 3 is 2.82 bits per heavy atom. The number of ether oxygens (including phenoxy) is 1. The lowest BCUT2D eigenvalue weighted by molar-refractivity contribution is -0.117. The Kier molecular flexibility index (Phi) is 5.84. The number of carbonyl (C=O) groups excluding carboxylic acids is 1. The van der Waals surface area contributed by atoms with Crippen LogP contribution in [0.5, 0.6) is 0 Å². The first-order chi connectivity index (χ1) is 5.16. The molecule has 0 aromatic heterocycles. The summed E-state index contributed by atoms with van der Waals surface area (Å²) in [6.45, 7) is 10.1. The van der Waals surface area contributed by atoms with Crippen LogP contribution in [0.25, 0.3) is 0 Å². The van der Waals surface area contributed by atoms with Crippen LogP contribution in [0.3, 0.4) is 0 Å². The van der Waals surface area contributed by atoms with E-state index in [1.807, 2.05) is 13.8 Å². The summed E-state index contributed by atoms with van der Waals surface area (Å²) in [6, 6.07) is 0.0963. The van der Waals surface area contributed by atoms with Crippen LogP contribution in [0.15, 0.2) is 0 Å². The molecule has 3 nitrogen and oxygen atoms in total. The second-order valence-corrected chi connectivity index (χ2v) is 2.40. The number of nitrogens with one attached hydrogen (secondary N) is 1. The van der Waals surface area contributed by atoms with Crippen LogP contribution in [-0.4, -0.2) is 25.2 Å². The van der Waals surface area contributed by atoms with Gasteiger partial charge in [-0.3, -0.25) is 4.79 Å². The molecular formula is C8H15NO2. The molecule has 0 aliphatic carbocycles. The van der Waals surface area contributed by atoms with Crippen LogP contribution >= 0.6 is 0 Å². The zero-order valence-corrected chi connectivity index (χ0v) is 7.09. The third-order valence-corrected chi connectivity index (χ3v) is 1.29. The normalized spacial score (nSPS) is 12.6. The summed E-state index contributed by atoms with van der Waals surface area (Å²) < 4.78 is 5.09. The maximum Gasteiger partial charge on any atom is 0.224 e. The first-order valence-electron chi connectivity index (χ1n) is 3.80. The third kappa shape index (κ3) is 7.33. The fraction of sp³-hybridized carbons (Fsp3) is 0.750. The van der Waals surface area contributed by atoms with Crippen molar-refractivity contribution in [3.05, 3.63) is 6.92 Å². The fourth-order valence-electron chi connectivity index (χ4n) is 0.719. The molecule has 0 saturated carbocycles. The number of carbonyl (C=O) groups is 1. The highest BCUT2D eigenvalue weighted by Gasteiger charge is 2.01. The van der Waals surface area contributed by atoms with E-state index in [-0.39, 0.29) is 6.04 Å². The average Bonchev–Trinajstić information content (AvgIpc) is 1.86. The molecule has 0 fully saturated rings. The van der Waals surface area contributed by atoms with Crippen LogP contribution < -0.4 is 5.32 Å². The van der Waals surface area contributed by atoms with Gasteiger partial charge in [-0.15, -0.1) is 0 Å². The van der Waals surface area contributed by atoms with Gasteiger partial charge in [0.25, 0.3) is 0 Å². The molecule has 0 aromatic carbocycles. The highest BCUT2D eigenvalue weighted by Crippen LogP contribution is 1.90. The lowest BCUT2D eigenvalue weighted by atomic mass is 10.2. The predicted molar refractivity (Wildman–Crippen MR) is 43.0 cm³/mol. The van der Waals surface area contributed by atoms with E-state index in [4.69, 9.17) is 11.7 Å². The second-order valence-electron chi connectivity index (χ2n) is 2.40. The maximum atomic E-state index is 10.3. The first-order valence-corrected chi connectivity index (χ1v) is 3.80. The number of amides is 1. The molecule has 0 spiro atoms. The molecule has 1 amide bonds. The van der Waals surface area contributed by atoms with Crippen LogP contribution in [0.4, 0.5) is 0 Å². The first kappa shape index (κ1) is 10.4. The van der Waals surface area contributed by atoms with Gasteiger partial charge in [0.1, 0.15) is 0 Å². The molecule has 2 radical (unpaired) electrons. The van der Waals surface area contributed by atoms with Gasteiger partial charge in [-0.05, 0) is 20.3 Å². The van der Waals surface area contributed by atoms with Gasteiger partial charge in [0.05, 0.1) is 6.92 Å². The summed E-state index contributed by atoms with van der Waals surface area (Å²) in [5.74, 6) is -0.478. The van der Waals surface area contributed by atoms with Crippen molar-refractivity contribution in [3.63, 3.8) is 0 Å². The van der Waals surface area contributed by atoms with Crippen LogP contribution in [-0.2, 0) is 9.53 Å². The van der Waals surface area contributed by atoms with Crippen molar-refractivity contribution in [2.45, 2.75) is 26.3 Å². The van der Waals surface area contributed by atoms with E-state index >= 15 is 0 Å². The standard InChI is InChI=1S/C8H15NO2/c1-4-11-6-5-7(2)9-8(3)10/h3,7H,4-6H2,1-2H3,(H,9,10). The molecule has 0 aromatic rings. The lowest BCUT2D eigenvalue weighted by Crippen LogP contribution is -2.31. The summed E-state index contributed by atoms with van der Waals surface area (Å²) in [6.07, 6.45) is 0.802. The number of hydrogen-bond donors (Lipinski definition) is 1. The molecule has 0 saturated heterocycles. The van der Waals surface area contributed by atoms with E-state index in [1.165, 1.54) is 0 Å². The Balaban J connectivity index is 3.22. The largest absolute Gasteiger partial charge is 0.382 e. The van der Waals surface area contributed by atoms with Crippen molar-refractivity contribution < 1.29 is 9.53 Å².